The molecule has 1 aromatic rings. The number of rotatable bonds is 5. The van der Waals surface area contributed by atoms with Crippen LogP contribution in [0.2, 0.25) is 0 Å². The molecule has 0 spiro atoms. The molecule has 0 fully saturated rings. The van der Waals surface area contributed by atoms with Gasteiger partial charge in [-0.1, -0.05) is 24.3 Å². The van der Waals surface area contributed by atoms with Crippen molar-refractivity contribution in [3.8, 4) is 0 Å². The van der Waals surface area contributed by atoms with Crippen LogP contribution in [0.4, 0.5) is 5.69 Å². The van der Waals surface area contributed by atoms with E-state index in [1.54, 1.807) is 11.0 Å². The number of benzene rings is 1. The maximum atomic E-state index is 12.1. The van der Waals surface area contributed by atoms with Crippen LogP contribution in [0.25, 0.3) is 0 Å². The van der Waals surface area contributed by atoms with E-state index in [-0.39, 0.29) is 11.9 Å². The van der Waals surface area contributed by atoms with E-state index in [0.717, 1.165) is 5.56 Å². The molecule has 1 rings (SSSR count). The Kier molecular flexibility index (Phi) is 4.76. The van der Waals surface area contributed by atoms with Gasteiger partial charge in [-0.05, 0) is 25.5 Å². The molecule has 3 heteroatoms. The first-order valence-corrected chi connectivity index (χ1v) is 5.80. The van der Waals surface area contributed by atoms with Crippen LogP contribution in [0.1, 0.15) is 19.4 Å². The van der Waals surface area contributed by atoms with Crippen LogP contribution in [0.5, 0.6) is 0 Å². The van der Waals surface area contributed by atoms with Crippen molar-refractivity contribution in [2.75, 3.05) is 12.3 Å². The molecule has 2 N–H and O–H groups in total. The molecule has 0 unspecified atom stereocenters. The molecule has 0 saturated carbocycles. The van der Waals surface area contributed by atoms with Gasteiger partial charge in [0, 0.05) is 18.3 Å². The zero-order valence-corrected chi connectivity index (χ0v) is 10.5. The van der Waals surface area contributed by atoms with Crippen molar-refractivity contribution in [1.82, 2.24) is 4.90 Å². The number of anilines is 1. The Labute approximate surface area is 103 Å². The molecule has 1 aromatic carbocycles. The third-order valence-corrected chi connectivity index (χ3v) is 2.67. The second kappa shape index (κ2) is 6.09. The van der Waals surface area contributed by atoms with Crippen LogP contribution in [-0.4, -0.2) is 23.4 Å². The van der Waals surface area contributed by atoms with Crippen molar-refractivity contribution in [2.24, 2.45) is 0 Å². The second-order valence-corrected chi connectivity index (χ2v) is 4.30. The molecule has 0 aliphatic heterocycles. The fourth-order valence-electron chi connectivity index (χ4n) is 1.70. The van der Waals surface area contributed by atoms with Crippen LogP contribution in [0.15, 0.2) is 36.9 Å². The van der Waals surface area contributed by atoms with Crippen LogP contribution in [0, 0.1) is 0 Å². The molecule has 0 aliphatic carbocycles. The van der Waals surface area contributed by atoms with Crippen molar-refractivity contribution < 1.29 is 4.79 Å². The molecular weight excluding hydrogens is 212 g/mol. The third kappa shape index (κ3) is 3.63. The lowest BCUT2D eigenvalue weighted by molar-refractivity contribution is -0.131. The molecule has 92 valence electrons. The Bertz CT molecular complexity index is 399. The van der Waals surface area contributed by atoms with E-state index in [9.17, 15) is 4.79 Å². The molecule has 3 nitrogen and oxygen atoms in total. The van der Waals surface area contributed by atoms with Gasteiger partial charge >= 0.3 is 0 Å². The molecule has 0 heterocycles. The largest absolute Gasteiger partial charge is 0.398 e. The Morgan fingerprint density at radius 1 is 1.47 bits per heavy atom. The van der Waals surface area contributed by atoms with Gasteiger partial charge < -0.3 is 10.6 Å². The summed E-state index contributed by atoms with van der Waals surface area (Å²) in [5, 5.41) is 0. The van der Waals surface area contributed by atoms with Crippen molar-refractivity contribution in [2.45, 2.75) is 26.3 Å². The minimum atomic E-state index is 0.0813. The molecule has 0 aliphatic rings. The highest BCUT2D eigenvalue weighted by Gasteiger charge is 2.16. The van der Waals surface area contributed by atoms with Crippen molar-refractivity contribution >= 4 is 11.6 Å². The molecular formula is C14H20N2O. The summed E-state index contributed by atoms with van der Waals surface area (Å²) in [5.41, 5.74) is 7.38. The Morgan fingerprint density at radius 3 is 2.65 bits per heavy atom. The molecule has 0 radical (unpaired) electrons. The fraction of sp³-hybridized carbons (Fsp3) is 0.357. The first kappa shape index (κ1) is 13.3. The number of para-hydroxylation sites is 1. The van der Waals surface area contributed by atoms with Gasteiger partial charge in [-0.3, -0.25) is 4.79 Å². The summed E-state index contributed by atoms with van der Waals surface area (Å²) in [6, 6.07) is 7.64. The van der Waals surface area contributed by atoms with Gasteiger partial charge in [-0.25, -0.2) is 0 Å². The van der Waals surface area contributed by atoms with Gasteiger partial charge in [-0.15, -0.1) is 6.58 Å². The highest BCUT2D eigenvalue weighted by molar-refractivity contribution is 5.80. The van der Waals surface area contributed by atoms with Gasteiger partial charge in [0.25, 0.3) is 0 Å². The first-order chi connectivity index (χ1) is 8.06. The summed E-state index contributed by atoms with van der Waals surface area (Å²) >= 11 is 0. The number of carbonyl (C=O) groups is 1. The van der Waals surface area contributed by atoms with Gasteiger partial charge in [-0.2, -0.15) is 0 Å². The van der Waals surface area contributed by atoms with Crippen LogP contribution in [-0.2, 0) is 11.2 Å². The van der Waals surface area contributed by atoms with E-state index in [4.69, 9.17) is 5.73 Å². The number of nitrogens with two attached hydrogens (primary N) is 1. The topological polar surface area (TPSA) is 46.3 Å². The minimum absolute atomic E-state index is 0.0813. The Balaban J connectivity index is 2.77. The molecule has 1 amide bonds. The van der Waals surface area contributed by atoms with Crippen molar-refractivity contribution in [3.63, 3.8) is 0 Å². The zero-order chi connectivity index (χ0) is 12.8. The van der Waals surface area contributed by atoms with E-state index in [1.165, 1.54) is 0 Å². The number of amides is 1. The minimum Gasteiger partial charge on any atom is -0.398 e. The second-order valence-electron chi connectivity index (χ2n) is 4.30. The SMILES string of the molecule is C=CCN(C(=O)Cc1ccccc1N)C(C)C. The molecule has 0 saturated heterocycles. The maximum Gasteiger partial charge on any atom is 0.227 e. The molecule has 0 aromatic heterocycles. The van der Waals surface area contributed by atoms with Gasteiger partial charge in [0.15, 0.2) is 0 Å². The molecule has 0 bridgehead atoms. The third-order valence-electron chi connectivity index (χ3n) is 2.67. The number of hydrogen-bond donors (Lipinski definition) is 1. The monoisotopic (exact) mass is 232 g/mol. The standard InChI is InChI=1S/C14H20N2O/c1-4-9-16(11(2)3)14(17)10-12-7-5-6-8-13(12)15/h4-8,11H,1,9-10,15H2,2-3H3. The zero-order valence-electron chi connectivity index (χ0n) is 10.5. The quantitative estimate of drug-likeness (QED) is 0.625. The number of hydrogen-bond acceptors (Lipinski definition) is 2. The van der Waals surface area contributed by atoms with E-state index in [0.29, 0.717) is 18.7 Å². The van der Waals surface area contributed by atoms with Crippen LogP contribution < -0.4 is 5.73 Å². The van der Waals surface area contributed by atoms with Crippen LogP contribution >= 0.6 is 0 Å². The normalized spacial score (nSPS) is 10.3. The van der Waals surface area contributed by atoms with Crippen LogP contribution in [0.3, 0.4) is 0 Å². The lowest BCUT2D eigenvalue weighted by Gasteiger charge is -2.25. The number of carbonyl (C=O) groups excluding carboxylic acids is 1. The Hall–Kier alpha value is -1.77. The van der Waals surface area contributed by atoms with E-state index in [2.05, 4.69) is 6.58 Å². The summed E-state index contributed by atoms with van der Waals surface area (Å²) in [4.78, 5) is 13.9. The summed E-state index contributed by atoms with van der Waals surface area (Å²) < 4.78 is 0. The predicted molar refractivity (Wildman–Crippen MR) is 71.6 cm³/mol. The van der Waals surface area contributed by atoms with E-state index >= 15 is 0 Å². The summed E-state index contributed by atoms with van der Waals surface area (Å²) in [6.45, 7) is 8.24. The van der Waals surface area contributed by atoms with Gasteiger partial charge in [0.2, 0.25) is 5.91 Å². The first-order valence-electron chi connectivity index (χ1n) is 5.80. The lowest BCUT2D eigenvalue weighted by Crippen LogP contribution is -2.38. The smallest absolute Gasteiger partial charge is 0.227 e. The van der Waals surface area contributed by atoms with Gasteiger partial charge in [0.05, 0.1) is 6.42 Å². The van der Waals surface area contributed by atoms with Crippen molar-refractivity contribution in [1.29, 1.82) is 0 Å². The summed E-state index contributed by atoms with van der Waals surface area (Å²) in [7, 11) is 0. The molecule has 0 atom stereocenters. The summed E-state index contributed by atoms with van der Waals surface area (Å²) in [5.74, 6) is 0.0813. The number of nitrogen functional groups attached to an aromatic ring is 1. The highest BCUT2D eigenvalue weighted by Crippen LogP contribution is 2.13. The molecule has 17 heavy (non-hydrogen) atoms. The van der Waals surface area contributed by atoms with Crippen molar-refractivity contribution in [3.05, 3.63) is 42.5 Å². The van der Waals surface area contributed by atoms with Gasteiger partial charge in [0.1, 0.15) is 0 Å². The highest BCUT2D eigenvalue weighted by atomic mass is 16.2. The fourth-order valence-corrected chi connectivity index (χ4v) is 1.70. The number of nitrogens with zero attached hydrogens (tertiary/aromatic N) is 1. The average molecular weight is 232 g/mol. The lowest BCUT2D eigenvalue weighted by atomic mass is 10.1. The van der Waals surface area contributed by atoms with E-state index < -0.39 is 0 Å². The average Bonchev–Trinajstić information content (AvgIpc) is 2.28. The predicted octanol–water partition coefficient (Wildman–Crippen LogP) is 2.23. The van der Waals surface area contributed by atoms with E-state index in [1.807, 2.05) is 38.1 Å². The summed E-state index contributed by atoms with van der Waals surface area (Å²) in [6.07, 6.45) is 2.09. The maximum absolute atomic E-state index is 12.1. The Morgan fingerprint density at radius 2 is 2.12 bits per heavy atom.